The number of aromatic nitrogens is 3. The molecule has 0 aliphatic heterocycles. The molecule has 9 heteroatoms. The van der Waals surface area contributed by atoms with Gasteiger partial charge in [0.25, 0.3) is 5.22 Å². The molecule has 0 aliphatic carbocycles. The van der Waals surface area contributed by atoms with E-state index in [2.05, 4.69) is 10.2 Å². The molecule has 0 radical (unpaired) electrons. The molecule has 0 spiro atoms. The van der Waals surface area contributed by atoms with E-state index in [-0.39, 0.29) is 22.6 Å². The van der Waals surface area contributed by atoms with Crippen molar-refractivity contribution in [1.82, 2.24) is 14.8 Å². The van der Waals surface area contributed by atoms with Crippen molar-refractivity contribution >= 4 is 17.5 Å². The van der Waals surface area contributed by atoms with Gasteiger partial charge in [0.15, 0.2) is 5.78 Å². The number of nitrogens with zero attached hydrogens (tertiary/aromatic N) is 3. The average molecular weight is 468 g/mol. The number of rotatable bonds is 8. The van der Waals surface area contributed by atoms with Crippen molar-refractivity contribution in [3.63, 3.8) is 0 Å². The lowest BCUT2D eigenvalue weighted by Gasteiger charge is -2.10. The van der Waals surface area contributed by atoms with Crippen molar-refractivity contribution in [1.29, 1.82) is 0 Å². The highest BCUT2D eigenvalue weighted by Gasteiger charge is 2.20. The van der Waals surface area contributed by atoms with Crippen LogP contribution in [0.1, 0.15) is 21.7 Å². The quantitative estimate of drug-likeness (QED) is 0.258. The largest absolute Gasteiger partial charge is 0.497 e. The smallest absolute Gasteiger partial charge is 0.277 e. The minimum Gasteiger partial charge on any atom is -0.497 e. The van der Waals surface area contributed by atoms with E-state index >= 15 is 0 Å². The second kappa shape index (κ2) is 9.50. The number of hydrogen-bond donors (Lipinski definition) is 0. The van der Waals surface area contributed by atoms with Gasteiger partial charge in [-0.25, -0.2) is 4.39 Å². The van der Waals surface area contributed by atoms with Crippen LogP contribution in [0.15, 0.2) is 58.2 Å². The van der Waals surface area contributed by atoms with E-state index in [1.165, 1.54) is 6.07 Å². The summed E-state index contributed by atoms with van der Waals surface area (Å²) in [5, 5.41) is 8.37. The minimum atomic E-state index is -0.347. The summed E-state index contributed by atoms with van der Waals surface area (Å²) in [6.45, 7) is 3.65. The van der Waals surface area contributed by atoms with Gasteiger partial charge in [-0.3, -0.25) is 4.79 Å². The van der Waals surface area contributed by atoms with Gasteiger partial charge in [0.1, 0.15) is 17.3 Å². The second-order valence-electron chi connectivity index (χ2n) is 7.26. The van der Waals surface area contributed by atoms with Crippen molar-refractivity contribution in [3.8, 4) is 28.6 Å². The first-order valence-corrected chi connectivity index (χ1v) is 11.1. The van der Waals surface area contributed by atoms with Gasteiger partial charge in [-0.15, -0.1) is 10.2 Å². The molecule has 2 aromatic carbocycles. The van der Waals surface area contributed by atoms with Crippen LogP contribution >= 0.6 is 11.8 Å². The van der Waals surface area contributed by atoms with Gasteiger partial charge in [-0.1, -0.05) is 23.9 Å². The normalized spacial score (nSPS) is 10.9. The van der Waals surface area contributed by atoms with E-state index in [0.717, 1.165) is 17.5 Å². The molecule has 0 N–H and O–H groups in total. The minimum absolute atomic E-state index is 0.102. The van der Waals surface area contributed by atoms with Crippen molar-refractivity contribution in [3.05, 3.63) is 71.3 Å². The SMILES string of the molecule is COc1cc(OC)cc(-c2nnc(SCC(=O)c3cc(C)n(-c4ccccc4F)c3C)o2)c1. The Morgan fingerprint density at radius 2 is 1.76 bits per heavy atom. The van der Waals surface area contributed by atoms with Crippen LogP contribution in [-0.2, 0) is 0 Å². The maximum Gasteiger partial charge on any atom is 0.277 e. The van der Waals surface area contributed by atoms with Crippen LogP contribution in [-0.4, -0.2) is 40.5 Å². The summed E-state index contributed by atoms with van der Waals surface area (Å²) in [4.78, 5) is 12.9. The highest BCUT2D eigenvalue weighted by Crippen LogP contribution is 2.31. The van der Waals surface area contributed by atoms with E-state index in [1.807, 2.05) is 6.92 Å². The van der Waals surface area contributed by atoms with Crippen molar-refractivity contribution in [2.45, 2.75) is 19.1 Å². The van der Waals surface area contributed by atoms with Crippen molar-refractivity contribution in [2.75, 3.05) is 20.0 Å². The van der Waals surface area contributed by atoms with Crippen molar-refractivity contribution < 1.29 is 23.1 Å². The van der Waals surface area contributed by atoms with Gasteiger partial charge >= 0.3 is 0 Å². The average Bonchev–Trinajstić information content (AvgIpc) is 3.42. The number of thioether (sulfide) groups is 1. The fourth-order valence-electron chi connectivity index (χ4n) is 3.57. The molecule has 0 fully saturated rings. The summed E-state index contributed by atoms with van der Waals surface area (Å²) < 4.78 is 32.3. The number of carbonyl (C=O) groups excluding carboxylic acids is 1. The topological polar surface area (TPSA) is 79.4 Å². The number of ketones is 1. The first-order valence-electron chi connectivity index (χ1n) is 10.1. The van der Waals surface area contributed by atoms with Crippen LogP contribution in [0, 0.1) is 19.7 Å². The summed E-state index contributed by atoms with van der Waals surface area (Å²) in [5.41, 5.74) is 3.04. The predicted molar refractivity (Wildman–Crippen MR) is 123 cm³/mol. The van der Waals surface area contributed by atoms with Crippen LogP contribution in [0.5, 0.6) is 11.5 Å². The van der Waals surface area contributed by atoms with E-state index in [4.69, 9.17) is 13.9 Å². The molecule has 4 aromatic rings. The lowest BCUT2D eigenvalue weighted by atomic mass is 10.2. The first kappa shape index (κ1) is 22.6. The van der Waals surface area contributed by atoms with Gasteiger partial charge < -0.3 is 18.5 Å². The van der Waals surface area contributed by atoms with Gasteiger partial charge in [0, 0.05) is 28.6 Å². The molecular formula is C24H22FN3O4S. The van der Waals surface area contributed by atoms with Crippen LogP contribution in [0.2, 0.25) is 0 Å². The first-order chi connectivity index (χ1) is 15.9. The highest BCUT2D eigenvalue weighted by molar-refractivity contribution is 7.99. The standard InChI is InChI=1S/C24H22FN3O4S/c1-14-9-19(15(2)28(14)21-8-6-5-7-20(21)25)22(29)13-33-24-27-26-23(32-24)16-10-17(30-3)12-18(11-16)31-4/h5-12H,13H2,1-4H3. The number of benzene rings is 2. The molecule has 0 atom stereocenters. The van der Waals surface area contributed by atoms with Crippen LogP contribution in [0.25, 0.3) is 17.1 Å². The van der Waals surface area contributed by atoms with E-state index in [9.17, 15) is 9.18 Å². The second-order valence-corrected chi connectivity index (χ2v) is 8.18. The Kier molecular flexibility index (Phi) is 6.50. The summed E-state index contributed by atoms with van der Waals surface area (Å²) in [6, 6.07) is 13.5. The number of carbonyl (C=O) groups is 1. The molecular weight excluding hydrogens is 445 g/mol. The van der Waals surface area contributed by atoms with Gasteiger partial charge in [-0.05, 0) is 44.2 Å². The van der Waals surface area contributed by atoms with Gasteiger partial charge in [-0.2, -0.15) is 0 Å². The number of halogens is 1. The van der Waals surface area contributed by atoms with Crippen molar-refractivity contribution in [2.24, 2.45) is 0 Å². The zero-order valence-electron chi connectivity index (χ0n) is 18.6. The zero-order chi connectivity index (χ0) is 23.5. The molecule has 0 saturated carbocycles. The highest BCUT2D eigenvalue weighted by atomic mass is 32.2. The van der Waals surface area contributed by atoms with Crippen LogP contribution in [0.3, 0.4) is 0 Å². The number of ether oxygens (including phenoxy) is 2. The Bertz CT molecular complexity index is 1290. The lowest BCUT2D eigenvalue weighted by molar-refractivity contribution is 0.102. The maximum atomic E-state index is 14.3. The number of hydrogen-bond acceptors (Lipinski definition) is 7. The third kappa shape index (κ3) is 4.63. The maximum absolute atomic E-state index is 14.3. The fourth-order valence-corrected chi connectivity index (χ4v) is 4.22. The number of Topliss-reactive ketones (excluding diaryl/α,β-unsaturated/α-hetero) is 1. The molecule has 0 aliphatic rings. The summed E-state index contributed by atoms with van der Waals surface area (Å²) in [7, 11) is 3.12. The molecule has 0 amide bonds. The lowest BCUT2D eigenvalue weighted by Crippen LogP contribution is -2.06. The predicted octanol–water partition coefficient (Wildman–Crippen LogP) is 5.28. The number of para-hydroxylation sites is 1. The third-order valence-corrected chi connectivity index (χ3v) is 5.97. The monoisotopic (exact) mass is 467 g/mol. The number of aryl methyl sites for hydroxylation is 1. The fraction of sp³-hybridized carbons (Fsp3) is 0.208. The molecule has 0 unspecified atom stereocenters. The Labute approximate surface area is 194 Å². The molecule has 2 heterocycles. The molecule has 0 saturated heterocycles. The molecule has 0 bridgehead atoms. The summed E-state index contributed by atoms with van der Waals surface area (Å²) in [6.07, 6.45) is 0. The molecule has 7 nitrogen and oxygen atoms in total. The number of methoxy groups -OCH3 is 2. The summed E-state index contributed by atoms with van der Waals surface area (Å²) in [5.74, 6) is 1.12. The summed E-state index contributed by atoms with van der Waals surface area (Å²) >= 11 is 1.15. The Morgan fingerprint density at radius 1 is 1.06 bits per heavy atom. The van der Waals surface area contributed by atoms with E-state index in [0.29, 0.717) is 39.9 Å². The van der Waals surface area contributed by atoms with Gasteiger partial charge in [0.05, 0.1) is 25.7 Å². The Morgan fingerprint density at radius 3 is 2.42 bits per heavy atom. The molecule has 4 rings (SSSR count). The Balaban J connectivity index is 1.50. The van der Waals surface area contributed by atoms with E-state index in [1.54, 1.807) is 68.2 Å². The molecule has 33 heavy (non-hydrogen) atoms. The Hall–Kier alpha value is -3.59. The van der Waals surface area contributed by atoms with E-state index < -0.39 is 0 Å². The van der Waals surface area contributed by atoms with Crippen LogP contribution in [0.4, 0.5) is 4.39 Å². The van der Waals surface area contributed by atoms with Crippen LogP contribution < -0.4 is 9.47 Å². The third-order valence-electron chi connectivity index (χ3n) is 5.16. The van der Waals surface area contributed by atoms with Gasteiger partial charge in [0.2, 0.25) is 5.89 Å². The zero-order valence-corrected chi connectivity index (χ0v) is 19.4. The molecule has 170 valence electrons. The molecule has 2 aromatic heterocycles.